The van der Waals surface area contributed by atoms with Gasteiger partial charge in [-0.2, -0.15) is 0 Å². The van der Waals surface area contributed by atoms with Gasteiger partial charge in [0.15, 0.2) is 5.78 Å². The number of nitrogens with two attached hydrogens (primary N) is 1. The summed E-state index contributed by atoms with van der Waals surface area (Å²) in [5, 5.41) is 2.18. The molecule has 1 aliphatic carbocycles. The Morgan fingerprint density at radius 2 is 1.96 bits per heavy atom. The van der Waals surface area contributed by atoms with E-state index in [1.807, 2.05) is 20.8 Å². The van der Waals surface area contributed by atoms with Crippen LogP contribution in [0.25, 0.3) is 0 Å². The number of rotatable bonds is 5. The third kappa shape index (κ3) is 3.31. The maximum atomic E-state index is 13.0. The van der Waals surface area contributed by atoms with Gasteiger partial charge >= 0.3 is 0 Å². The van der Waals surface area contributed by atoms with Crippen LogP contribution >= 0.6 is 0 Å². The van der Waals surface area contributed by atoms with Crippen molar-refractivity contribution in [2.24, 2.45) is 0 Å². The molecule has 0 aliphatic heterocycles. The predicted octanol–water partition coefficient (Wildman–Crippen LogP) is 3.05. The van der Waals surface area contributed by atoms with E-state index < -0.39 is 0 Å². The summed E-state index contributed by atoms with van der Waals surface area (Å²) in [5.74, 6) is 0.0688. The first-order chi connectivity index (χ1) is 11.9. The SMILES string of the molecule is CC(=O)c1c(C)[nH]c(C(=O)[C@H](C)[NH2+][C@@H]2CCCc3ccccc32)c1C. The van der Waals surface area contributed by atoms with Crippen LogP contribution in [0.5, 0.6) is 0 Å². The van der Waals surface area contributed by atoms with E-state index in [1.165, 1.54) is 11.1 Å². The minimum atomic E-state index is -0.187. The van der Waals surface area contributed by atoms with Crippen molar-refractivity contribution in [2.75, 3.05) is 0 Å². The van der Waals surface area contributed by atoms with Gasteiger partial charge in [-0.1, -0.05) is 24.3 Å². The van der Waals surface area contributed by atoms with Crippen LogP contribution in [0, 0.1) is 13.8 Å². The Balaban J connectivity index is 1.81. The minimum absolute atomic E-state index is 0.00291. The molecule has 1 heterocycles. The van der Waals surface area contributed by atoms with Crippen molar-refractivity contribution in [3.05, 3.63) is 57.9 Å². The summed E-state index contributed by atoms with van der Waals surface area (Å²) in [6.45, 7) is 7.22. The average Bonchev–Trinajstić information content (AvgIpc) is 2.89. The largest absolute Gasteiger partial charge is 0.355 e. The Kier molecular flexibility index (Phi) is 4.91. The molecule has 1 aliphatic rings. The van der Waals surface area contributed by atoms with Crippen molar-refractivity contribution in [1.82, 2.24) is 4.98 Å². The van der Waals surface area contributed by atoms with E-state index in [4.69, 9.17) is 0 Å². The van der Waals surface area contributed by atoms with Crippen molar-refractivity contribution in [3.8, 4) is 0 Å². The molecule has 2 atom stereocenters. The van der Waals surface area contributed by atoms with Crippen molar-refractivity contribution < 1.29 is 14.9 Å². The van der Waals surface area contributed by atoms with Crippen LogP contribution in [0.2, 0.25) is 0 Å². The molecule has 0 bridgehead atoms. The molecule has 0 radical (unpaired) electrons. The number of benzene rings is 1. The summed E-state index contributed by atoms with van der Waals surface area (Å²) in [6, 6.07) is 8.68. The topological polar surface area (TPSA) is 66.5 Å². The van der Waals surface area contributed by atoms with E-state index in [0.29, 0.717) is 17.3 Å². The molecule has 0 saturated carbocycles. The van der Waals surface area contributed by atoms with Crippen molar-refractivity contribution in [1.29, 1.82) is 0 Å². The fourth-order valence-corrected chi connectivity index (χ4v) is 4.18. The lowest BCUT2D eigenvalue weighted by Gasteiger charge is -2.25. The summed E-state index contributed by atoms with van der Waals surface area (Å²) < 4.78 is 0. The Labute approximate surface area is 149 Å². The van der Waals surface area contributed by atoms with Gasteiger partial charge in [0.1, 0.15) is 12.1 Å². The van der Waals surface area contributed by atoms with Crippen LogP contribution in [0.3, 0.4) is 0 Å². The van der Waals surface area contributed by atoms with Crippen LogP contribution in [0.1, 0.15) is 76.0 Å². The second-order valence-corrected chi connectivity index (χ2v) is 7.22. The number of aryl methyl sites for hydroxylation is 2. The number of nitrogens with one attached hydrogen (secondary N) is 1. The first-order valence-corrected chi connectivity index (χ1v) is 9.07. The van der Waals surface area contributed by atoms with Gasteiger partial charge in [0.2, 0.25) is 5.78 Å². The number of fused-ring (bicyclic) bond motifs is 1. The molecule has 3 rings (SSSR count). The van der Waals surface area contributed by atoms with Gasteiger partial charge in [0.25, 0.3) is 0 Å². The summed E-state index contributed by atoms with van der Waals surface area (Å²) in [7, 11) is 0. The average molecular weight is 339 g/mol. The summed E-state index contributed by atoms with van der Waals surface area (Å²) >= 11 is 0. The zero-order chi connectivity index (χ0) is 18.1. The van der Waals surface area contributed by atoms with E-state index >= 15 is 0 Å². The Hall–Kier alpha value is -2.20. The van der Waals surface area contributed by atoms with E-state index in [9.17, 15) is 9.59 Å². The molecule has 1 aromatic heterocycles. The highest BCUT2D eigenvalue weighted by Crippen LogP contribution is 2.27. The highest BCUT2D eigenvalue weighted by atomic mass is 16.1. The van der Waals surface area contributed by atoms with Crippen molar-refractivity contribution in [2.45, 2.75) is 59.0 Å². The summed E-state index contributed by atoms with van der Waals surface area (Å²) in [6.07, 6.45) is 3.38. The number of aromatic nitrogens is 1. The number of H-pyrrole nitrogens is 1. The molecule has 132 valence electrons. The van der Waals surface area contributed by atoms with Gasteiger partial charge < -0.3 is 10.3 Å². The van der Waals surface area contributed by atoms with Crippen LogP contribution in [-0.4, -0.2) is 22.6 Å². The summed E-state index contributed by atoms with van der Waals surface area (Å²) in [4.78, 5) is 27.9. The molecule has 0 amide bonds. The number of Topliss-reactive ketones (excluding diaryl/α,β-unsaturated/α-hetero) is 2. The van der Waals surface area contributed by atoms with Gasteiger partial charge in [0.05, 0.1) is 5.69 Å². The molecule has 4 nitrogen and oxygen atoms in total. The smallest absolute Gasteiger partial charge is 0.235 e. The second-order valence-electron chi connectivity index (χ2n) is 7.22. The van der Waals surface area contributed by atoms with E-state index in [2.05, 4.69) is 34.6 Å². The van der Waals surface area contributed by atoms with Crippen LogP contribution in [-0.2, 0) is 6.42 Å². The zero-order valence-corrected chi connectivity index (χ0v) is 15.5. The van der Waals surface area contributed by atoms with Crippen molar-refractivity contribution >= 4 is 11.6 Å². The maximum absolute atomic E-state index is 13.0. The molecule has 1 aromatic carbocycles. The van der Waals surface area contributed by atoms with Crippen LogP contribution < -0.4 is 5.32 Å². The number of quaternary nitrogens is 1. The molecular formula is C21H27N2O2+. The van der Waals surface area contributed by atoms with Gasteiger partial charge in [-0.3, -0.25) is 9.59 Å². The molecule has 0 saturated heterocycles. The minimum Gasteiger partial charge on any atom is -0.355 e. The maximum Gasteiger partial charge on any atom is 0.235 e. The van der Waals surface area contributed by atoms with Gasteiger partial charge in [-0.05, 0) is 51.7 Å². The number of hydrogen-bond donors (Lipinski definition) is 2. The second kappa shape index (κ2) is 6.96. The lowest BCUT2D eigenvalue weighted by Crippen LogP contribution is -2.92. The molecule has 4 heteroatoms. The number of carbonyl (C=O) groups is 2. The fraction of sp³-hybridized carbons (Fsp3) is 0.429. The van der Waals surface area contributed by atoms with E-state index in [-0.39, 0.29) is 17.6 Å². The molecule has 2 aromatic rings. The number of hydrogen-bond acceptors (Lipinski definition) is 2. The van der Waals surface area contributed by atoms with E-state index in [1.54, 1.807) is 6.92 Å². The lowest BCUT2D eigenvalue weighted by atomic mass is 9.87. The number of aromatic amines is 1. The molecule has 0 unspecified atom stereocenters. The standard InChI is InChI=1S/C21H26N2O2/c1-12-19(15(4)24)13(2)23-20(12)21(25)14(3)22-18-11-7-9-16-8-5-6-10-17(16)18/h5-6,8,10,14,18,22-23H,7,9,11H2,1-4H3/p+1/t14-,18+/m0/s1. The zero-order valence-electron chi connectivity index (χ0n) is 15.5. The number of ketones is 2. The Morgan fingerprint density at radius 3 is 2.64 bits per heavy atom. The molecular weight excluding hydrogens is 312 g/mol. The fourth-order valence-electron chi connectivity index (χ4n) is 4.18. The molecule has 0 spiro atoms. The monoisotopic (exact) mass is 339 g/mol. The highest BCUT2D eigenvalue weighted by Gasteiger charge is 2.30. The van der Waals surface area contributed by atoms with Gasteiger partial charge in [0, 0.05) is 23.2 Å². The van der Waals surface area contributed by atoms with Crippen LogP contribution in [0.4, 0.5) is 0 Å². The Bertz CT molecular complexity index is 819. The quantitative estimate of drug-likeness (QED) is 0.822. The van der Waals surface area contributed by atoms with Gasteiger partial charge in [-0.15, -0.1) is 0 Å². The van der Waals surface area contributed by atoms with Crippen LogP contribution in [0.15, 0.2) is 24.3 Å². The third-order valence-electron chi connectivity index (χ3n) is 5.39. The van der Waals surface area contributed by atoms with Crippen molar-refractivity contribution in [3.63, 3.8) is 0 Å². The first-order valence-electron chi connectivity index (χ1n) is 9.07. The molecule has 0 fully saturated rings. The lowest BCUT2D eigenvalue weighted by molar-refractivity contribution is -0.713. The predicted molar refractivity (Wildman–Crippen MR) is 98.1 cm³/mol. The first kappa shape index (κ1) is 17.6. The number of carbonyl (C=O) groups excluding carboxylic acids is 2. The normalized spacial score (nSPS) is 17.8. The third-order valence-corrected chi connectivity index (χ3v) is 5.39. The Morgan fingerprint density at radius 1 is 1.24 bits per heavy atom. The summed E-state index contributed by atoms with van der Waals surface area (Å²) in [5.41, 5.74) is 5.55. The van der Waals surface area contributed by atoms with E-state index in [0.717, 1.165) is 30.5 Å². The molecule has 25 heavy (non-hydrogen) atoms. The molecule has 3 N–H and O–H groups in total. The highest BCUT2D eigenvalue weighted by molar-refractivity contribution is 6.04. The van der Waals surface area contributed by atoms with Gasteiger partial charge in [-0.25, -0.2) is 0 Å².